The fourth-order valence-electron chi connectivity index (χ4n) is 1.61. The summed E-state index contributed by atoms with van der Waals surface area (Å²) in [7, 11) is 0. The third kappa shape index (κ3) is 3.31. The molecule has 0 saturated carbocycles. The zero-order chi connectivity index (χ0) is 14.5. The van der Waals surface area contributed by atoms with Gasteiger partial charge < -0.3 is 16.4 Å². The highest BCUT2D eigenvalue weighted by Crippen LogP contribution is 2.22. The lowest BCUT2D eigenvalue weighted by molar-refractivity contribution is 0.511. The summed E-state index contributed by atoms with van der Waals surface area (Å²) in [5.74, 6) is -1.03. The predicted octanol–water partition coefficient (Wildman–Crippen LogP) is 2.90. The molecule has 20 heavy (non-hydrogen) atoms. The number of nitrogen functional groups attached to an aromatic ring is 1. The van der Waals surface area contributed by atoms with Crippen molar-refractivity contribution in [3.8, 4) is 0 Å². The SMILES string of the molecule is CCCNc1cc(Nc2cccc(F)c2F)nc(N)n1. The van der Waals surface area contributed by atoms with Gasteiger partial charge in [0.15, 0.2) is 11.6 Å². The Bertz CT molecular complexity index is 603. The first kappa shape index (κ1) is 14.0. The molecule has 0 aliphatic heterocycles. The maximum atomic E-state index is 13.6. The lowest BCUT2D eigenvalue weighted by Crippen LogP contribution is -2.07. The first-order valence-corrected chi connectivity index (χ1v) is 6.19. The molecule has 0 fully saturated rings. The van der Waals surface area contributed by atoms with Crippen molar-refractivity contribution in [3.63, 3.8) is 0 Å². The number of nitrogens with two attached hydrogens (primary N) is 1. The van der Waals surface area contributed by atoms with Crippen LogP contribution in [0.4, 0.5) is 32.1 Å². The minimum absolute atomic E-state index is 0.00968. The quantitative estimate of drug-likeness (QED) is 0.784. The van der Waals surface area contributed by atoms with Gasteiger partial charge in [0.05, 0.1) is 5.69 Å². The van der Waals surface area contributed by atoms with Crippen LogP contribution >= 0.6 is 0 Å². The summed E-state index contributed by atoms with van der Waals surface area (Å²) in [6.45, 7) is 2.74. The summed E-state index contributed by atoms with van der Waals surface area (Å²) >= 11 is 0. The Morgan fingerprint density at radius 2 is 1.95 bits per heavy atom. The van der Waals surface area contributed by atoms with E-state index in [1.54, 1.807) is 6.07 Å². The van der Waals surface area contributed by atoms with Crippen molar-refractivity contribution in [2.45, 2.75) is 13.3 Å². The number of hydrogen-bond donors (Lipinski definition) is 3. The van der Waals surface area contributed by atoms with Gasteiger partial charge in [-0.25, -0.2) is 8.78 Å². The third-order valence-electron chi connectivity index (χ3n) is 2.51. The molecule has 5 nitrogen and oxygen atoms in total. The fraction of sp³-hybridized carbons (Fsp3) is 0.231. The van der Waals surface area contributed by atoms with E-state index in [-0.39, 0.29) is 11.6 Å². The maximum absolute atomic E-state index is 13.6. The van der Waals surface area contributed by atoms with Gasteiger partial charge in [-0.1, -0.05) is 13.0 Å². The van der Waals surface area contributed by atoms with Crippen molar-refractivity contribution in [2.75, 3.05) is 22.9 Å². The smallest absolute Gasteiger partial charge is 0.223 e. The highest BCUT2D eigenvalue weighted by Gasteiger charge is 2.09. The lowest BCUT2D eigenvalue weighted by atomic mass is 10.3. The van der Waals surface area contributed by atoms with Gasteiger partial charge in [0.2, 0.25) is 5.95 Å². The second-order valence-electron chi connectivity index (χ2n) is 4.15. The van der Waals surface area contributed by atoms with Crippen LogP contribution in [0.3, 0.4) is 0 Å². The molecular formula is C13H15F2N5. The Hall–Kier alpha value is -2.44. The van der Waals surface area contributed by atoms with E-state index in [4.69, 9.17) is 5.73 Å². The van der Waals surface area contributed by atoms with E-state index >= 15 is 0 Å². The molecule has 1 aromatic carbocycles. The topological polar surface area (TPSA) is 75.9 Å². The number of halogens is 2. The lowest BCUT2D eigenvalue weighted by Gasteiger charge is -2.10. The standard InChI is InChI=1S/C13H15F2N5/c1-2-6-17-10-7-11(20-13(16)19-10)18-9-5-3-4-8(14)12(9)15/h3-5,7H,2,6H2,1H3,(H4,16,17,18,19,20). The summed E-state index contributed by atoms with van der Waals surface area (Å²) in [6, 6.07) is 5.44. The Labute approximate surface area is 115 Å². The van der Waals surface area contributed by atoms with E-state index in [1.807, 2.05) is 6.92 Å². The molecule has 4 N–H and O–H groups in total. The molecule has 0 radical (unpaired) electrons. The average molecular weight is 279 g/mol. The molecule has 0 bridgehead atoms. The number of benzene rings is 1. The van der Waals surface area contributed by atoms with Crippen molar-refractivity contribution in [1.29, 1.82) is 0 Å². The maximum Gasteiger partial charge on any atom is 0.223 e. The van der Waals surface area contributed by atoms with Crippen molar-refractivity contribution >= 4 is 23.3 Å². The van der Waals surface area contributed by atoms with Crippen LogP contribution in [0.25, 0.3) is 0 Å². The summed E-state index contributed by atoms with van der Waals surface area (Å²) in [5, 5.41) is 5.73. The molecule has 0 amide bonds. The molecule has 1 heterocycles. The first-order valence-electron chi connectivity index (χ1n) is 6.19. The van der Waals surface area contributed by atoms with E-state index in [0.717, 1.165) is 19.0 Å². The van der Waals surface area contributed by atoms with Gasteiger partial charge in [-0.15, -0.1) is 0 Å². The number of hydrogen-bond acceptors (Lipinski definition) is 5. The second-order valence-corrected chi connectivity index (χ2v) is 4.15. The van der Waals surface area contributed by atoms with Gasteiger partial charge in [0.1, 0.15) is 11.6 Å². The predicted molar refractivity (Wildman–Crippen MR) is 74.9 cm³/mol. The van der Waals surface area contributed by atoms with Crippen LogP contribution in [0.1, 0.15) is 13.3 Å². The van der Waals surface area contributed by atoms with Crippen LogP contribution in [-0.4, -0.2) is 16.5 Å². The number of anilines is 4. The van der Waals surface area contributed by atoms with Crippen LogP contribution in [0.15, 0.2) is 24.3 Å². The first-order chi connectivity index (χ1) is 9.60. The zero-order valence-corrected chi connectivity index (χ0v) is 11.0. The molecule has 0 atom stereocenters. The van der Waals surface area contributed by atoms with Gasteiger partial charge >= 0.3 is 0 Å². The van der Waals surface area contributed by atoms with Crippen LogP contribution in [0, 0.1) is 11.6 Å². The Morgan fingerprint density at radius 1 is 1.20 bits per heavy atom. The molecule has 7 heteroatoms. The molecule has 0 unspecified atom stereocenters. The Kier molecular flexibility index (Phi) is 4.29. The molecular weight excluding hydrogens is 264 g/mol. The van der Waals surface area contributed by atoms with Crippen molar-refractivity contribution < 1.29 is 8.78 Å². The van der Waals surface area contributed by atoms with Gasteiger partial charge in [-0.3, -0.25) is 0 Å². The Balaban J connectivity index is 2.24. The number of rotatable bonds is 5. The van der Waals surface area contributed by atoms with Gasteiger partial charge in [0, 0.05) is 12.6 Å². The van der Waals surface area contributed by atoms with Crippen LogP contribution < -0.4 is 16.4 Å². The summed E-state index contributed by atoms with van der Waals surface area (Å²) in [6.07, 6.45) is 0.922. The van der Waals surface area contributed by atoms with Crippen LogP contribution in [0.2, 0.25) is 0 Å². The number of nitrogens with one attached hydrogen (secondary N) is 2. The Morgan fingerprint density at radius 3 is 2.70 bits per heavy atom. The van der Waals surface area contributed by atoms with E-state index in [0.29, 0.717) is 11.6 Å². The normalized spacial score (nSPS) is 10.3. The highest BCUT2D eigenvalue weighted by molar-refractivity contribution is 5.61. The van der Waals surface area contributed by atoms with E-state index in [2.05, 4.69) is 20.6 Å². The van der Waals surface area contributed by atoms with E-state index in [1.165, 1.54) is 12.1 Å². The van der Waals surface area contributed by atoms with Gasteiger partial charge in [-0.05, 0) is 18.6 Å². The number of aromatic nitrogens is 2. The molecule has 0 aliphatic rings. The zero-order valence-electron chi connectivity index (χ0n) is 11.0. The van der Waals surface area contributed by atoms with E-state index in [9.17, 15) is 8.78 Å². The largest absolute Gasteiger partial charge is 0.370 e. The van der Waals surface area contributed by atoms with Crippen LogP contribution in [0.5, 0.6) is 0 Å². The summed E-state index contributed by atoms with van der Waals surface area (Å²) < 4.78 is 26.7. The molecule has 1 aromatic heterocycles. The number of nitrogens with zero attached hydrogens (tertiary/aromatic N) is 2. The fourth-order valence-corrected chi connectivity index (χ4v) is 1.61. The van der Waals surface area contributed by atoms with Crippen molar-refractivity contribution in [2.24, 2.45) is 0 Å². The van der Waals surface area contributed by atoms with Crippen molar-refractivity contribution in [1.82, 2.24) is 9.97 Å². The van der Waals surface area contributed by atoms with Crippen molar-refractivity contribution in [3.05, 3.63) is 35.9 Å². The molecule has 2 aromatic rings. The summed E-state index contributed by atoms with van der Waals surface area (Å²) in [4.78, 5) is 7.94. The molecule has 0 spiro atoms. The molecule has 106 valence electrons. The average Bonchev–Trinajstić information content (AvgIpc) is 2.41. The molecule has 0 aliphatic carbocycles. The van der Waals surface area contributed by atoms with Crippen LogP contribution in [-0.2, 0) is 0 Å². The van der Waals surface area contributed by atoms with E-state index < -0.39 is 11.6 Å². The molecule has 2 rings (SSSR count). The monoisotopic (exact) mass is 279 g/mol. The minimum atomic E-state index is -0.965. The summed E-state index contributed by atoms with van der Waals surface area (Å²) in [5.41, 5.74) is 5.57. The third-order valence-corrected chi connectivity index (χ3v) is 2.51. The van der Waals surface area contributed by atoms with Gasteiger partial charge in [0.25, 0.3) is 0 Å². The second kappa shape index (κ2) is 6.14. The molecule has 0 saturated heterocycles. The highest BCUT2D eigenvalue weighted by atomic mass is 19.2. The van der Waals surface area contributed by atoms with Gasteiger partial charge in [-0.2, -0.15) is 9.97 Å². The minimum Gasteiger partial charge on any atom is -0.370 e.